The summed E-state index contributed by atoms with van der Waals surface area (Å²) < 4.78 is 38.0. The highest BCUT2D eigenvalue weighted by Gasteiger charge is 2.31. The lowest BCUT2D eigenvalue weighted by molar-refractivity contribution is -0.137. The second-order valence-electron chi connectivity index (χ2n) is 3.24. The first-order chi connectivity index (χ1) is 6.86. The topological polar surface area (TPSA) is 12.0 Å². The minimum atomic E-state index is -4.29. The van der Waals surface area contributed by atoms with Crippen LogP contribution in [0.25, 0.3) is 0 Å². The lowest BCUT2D eigenvalue weighted by atomic mass is 10.1. The molecule has 0 spiro atoms. The van der Waals surface area contributed by atoms with E-state index in [9.17, 15) is 13.2 Å². The van der Waals surface area contributed by atoms with E-state index in [1.54, 1.807) is 14.0 Å². The van der Waals surface area contributed by atoms with Gasteiger partial charge in [-0.25, -0.2) is 0 Å². The van der Waals surface area contributed by atoms with Crippen molar-refractivity contribution < 1.29 is 13.2 Å². The number of nitrogens with one attached hydrogen (secondary N) is 1. The van der Waals surface area contributed by atoms with E-state index in [1.165, 1.54) is 6.07 Å². The highest BCUT2D eigenvalue weighted by molar-refractivity contribution is 9.10. The van der Waals surface area contributed by atoms with Crippen LogP contribution in [0, 0.1) is 0 Å². The third-order valence-corrected chi connectivity index (χ3v) is 2.95. The molecule has 1 aromatic carbocycles. The Morgan fingerprint density at radius 1 is 1.33 bits per heavy atom. The van der Waals surface area contributed by atoms with Crippen LogP contribution in [0.5, 0.6) is 0 Å². The Morgan fingerprint density at radius 2 is 1.93 bits per heavy atom. The Bertz CT molecular complexity index is 349. The molecule has 0 aliphatic carbocycles. The third-order valence-electron chi connectivity index (χ3n) is 2.22. The molecule has 1 N–H and O–H groups in total. The molecule has 0 aromatic heterocycles. The second-order valence-corrected chi connectivity index (χ2v) is 4.10. The summed E-state index contributed by atoms with van der Waals surface area (Å²) in [5.74, 6) is 0. The van der Waals surface area contributed by atoms with Crippen molar-refractivity contribution in [2.45, 2.75) is 19.1 Å². The molecule has 0 aliphatic heterocycles. The molecule has 84 valence electrons. The van der Waals surface area contributed by atoms with Crippen LogP contribution in [-0.2, 0) is 6.18 Å². The monoisotopic (exact) mass is 281 g/mol. The molecule has 0 bridgehead atoms. The van der Waals surface area contributed by atoms with Crippen molar-refractivity contribution in [1.82, 2.24) is 5.32 Å². The summed E-state index contributed by atoms with van der Waals surface area (Å²) in [5, 5.41) is 2.90. The quantitative estimate of drug-likeness (QED) is 0.871. The molecule has 0 saturated carbocycles. The number of hydrogen-bond donors (Lipinski definition) is 1. The van der Waals surface area contributed by atoms with Gasteiger partial charge in [-0.1, -0.05) is 15.9 Å². The van der Waals surface area contributed by atoms with E-state index in [0.717, 1.165) is 12.1 Å². The van der Waals surface area contributed by atoms with Gasteiger partial charge >= 0.3 is 6.18 Å². The lowest BCUT2D eigenvalue weighted by Crippen LogP contribution is -2.14. The zero-order chi connectivity index (χ0) is 11.6. The summed E-state index contributed by atoms with van der Waals surface area (Å²) in [6.45, 7) is 1.81. The molecule has 0 amide bonds. The standard InChI is InChI=1S/C10H11BrF3N/c1-6(15-2)8-5-7(10(12,13)14)3-4-9(8)11/h3-6,15H,1-2H3. The third kappa shape index (κ3) is 2.95. The fourth-order valence-electron chi connectivity index (χ4n) is 1.21. The van der Waals surface area contributed by atoms with Gasteiger partial charge in [0.2, 0.25) is 0 Å². The van der Waals surface area contributed by atoms with Gasteiger partial charge in [0, 0.05) is 10.5 Å². The Hall–Kier alpha value is -0.550. The molecule has 0 radical (unpaired) electrons. The summed E-state index contributed by atoms with van der Waals surface area (Å²) in [6, 6.07) is 3.52. The Kier molecular flexibility index (Phi) is 3.78. The molecular formula is C10H11BrF3N. The maximum absolute atomic E-state index is 12.4. The van der Waals surface area contributed by atoms with Crippen molar-refractivity contribution in [3.8, 4) is 0 Å². The largest absolute Gasteiger partial charge is 0.416 e. The summed E-state index contributed by atoms with van der Waals surface area (Å²) in [5.41, 5.74) is -0.0184. The Morgan fingerprint density at radius 3 is 2.40 bits per heavy atom. The summed E-state index contributed by atoms with van der Waals surface area (Å²) in [7, 11) is 1.71. The van der Waals surface area contributed by atoms with Gasteiger partial charge in [-0.3, -0.25) is 0 Å². The molecule has 1 aromatic rings. The first-order valence-electron chi connectivity index (χ1n) is 4.40. The molecule has 1 nitrogen and oxygen atoms in total. The van der Waals surface area contributed by atoms with Crippen LogP contribution in [0.3, 0.4) is 0 Å². The molecule has 1 unspecified atom stereocenters. The number of halogens is 4. The highest BCUT2D eigenvalue weighted by atomic mass is 79.9. The first kappa shape index (κ1) is 12.5. The van der Waals surface area contributed by atoms with Crippen molar-refractivity contribution in [2.75, 3.05) is 7.05 Å². The number of hydrogen-bond acceptors (Lipinski definition) is 1. The zero-order valence-corrected chi connectivity index (χ0v) is 9.91. The van der Waals surface area contributed by atoms with E-state index in [4.69, 9.17) is 0 Å². The number of benzene rings is 1. The second kappa shape index (κ2) is 4.53. The molecule has 0 fully saturated rings. The lowest BCUT2D eigenvalue weighted by Gasteiger charge is -2.15. The molecule has 5 heteroatoms. The predicted molar refractivity (Wildman–Crippen MR) is 56.6 cm³/mol. The highest BCUT2D eigenvalue weighted by Crippen LogP contribution is 2.33. The maximum Gasteiger partial charge on any atom is 0.416 e. The van der Waals surface area contributed by atoms with Gasteiger partial charge in [-0.15, -0.1) is 0 Å². The summed E-state index contributed by atoms with van der Waals surface area (Å²) >= 11 is 3.23. The van der Waals surface area contributed by atoms with Crippen molar-refractivity contribution >= 4 is 15.9 Å². The first-order valence-corrected chi connectivity index (χ1v) is 5.19. The van der Waals surface area contributed by atoms with Crippen LogP contribution in [0.4, 0.5) is 13.2 Å². The number of rotatable bonds is 2. The maximum atomic E-state index is 12.4. The van der Waals surface area contributed by atoms with Crippen LogP contribution in [0.2, 0.25) is 0 Å². The Balaban J connectivity index is 3.17. The molecule has 1 atom stereocenters. The van der Waals surface area contributed by atoms with Crippen LogP contribution >= 0.6 is 15.9 Å². The van der Waals surface area contributed by atoms with Gasteiger partial charge in [-0.05, 0) is 37.7 Å². The minimum absolute atomic E-state index is 0.123. The summed E-state index contributed by atoms with van der Waals surface area (Å²) in [4.78, 5) is 0. The van der Waals surface area contributed by atoms with Gasteiger partial charge in [0.05, 0.1) is 5.56 Å². The van der Waals surface area contributed by atoms with E-state index in [0.29, 0.717) is 10.0 Å². The van der Waals surface area contributed by atoms with Gasteiger partial charge in [0.1, 0.15) is 0 Å². The van der Waals surface area contributed by atoms with E-state index >= 15 is 0 Å². The Labute approximate surface area is 94.8 Å². The van der Waals surface area contributed by atoms with Crippen molar-refractivity contribution in [3.05, 3.63) is 33.8 Å². The van der Waals surface area contributed by atoms with Gasteiger partial charge in [0.25, 0.3) is 0 Å². The van der Waals surface area contributed by atoms with Crippen LogP contribution in [0.15, 0.2) is 22.7 Å². The smallest absolute Gasteiger partial charge is 0.313 e. The fraction of sp³-hybridized carbons (Fsp3) is 0.400. The van der Waals surface area contributed by atoms with Crippen molar-refractivity contribution in [3.63, 3.8) is 0 Å². The van der Waals surface area contributed by atoms with Gasteiger partial charge < -0.3 is 5.32 Å². The van der Waals surface area contributed by atoms with E-state index < -0.39 is 11.7 Å². The van der Waals surface area contributed by atoms with Gasteiger partial charge in [-0.2, -0.15) is 13.2 Å². The molecule has 15 heavy (non-hydrogen) atoms. The van der Waals surface area contributed by atoms with E-state index in [1.807, 2.05) is 0 Å². The molecule has 0 saturated heterocycles. The normalized spacial score (nSPS) is 14.0. The molecular weight excluding hydrogens is 271 g/mol. The van der Waals surface area contributed by atoms with E-state index in [2.05, 4.69) is 21.2 Å². The molecule has 0 heterocycles. The van der Waals surface area contributed by atoms with Crippen molar-refractivity contribution in [1.29, 1.82) is 0 Å². The predicted octanol–water partition coefficient (Wildman–Crippen LogP) is 3.75. The molecule has 1 rings (SSSR count). The minimum Gasteiger partial charge on any atom is -0.313 e. The SMILES string of the molecule is CNC(C)c1cc(C(F)(F)F)ccc1Br. The summed E-state index contributed by atoms with van der Waals surface area (Å²) in [6.07, 6.45) is -4.29. The van der Waals surface area contributed by atoms with Crippen LogP contribution in [-0.4, -0.2) is 7.05 Å². The average molecular weight is 282 g/mol. The van der Waals surface area contributed by atoms with Crippen LogP contribution < -0.4 is 5.32 Å². The fourth-order valence-corrected chi connectivity index (χ4v) is 1.80. The van der Waals surface area contributed by atoms with Crippen molar-refractivity contribution in [2.24, 2.45) is 0 Å². The average Bonchev–Trinajstić information content (AvgIpc) is 2.15. The molecule has 0 aliphatic rings. The van der Waals surface area contributed by atoms with E-state index in [-0.39, 0.29) is 6.04 Å². The number of alkyl halides is 3. The zero-order valence-electron chi connectivity index (χ0n) is 8.32. The van der Waals surface area contributed by atoms with Gasteiger partial charge in [0.15, 0.2) is 0 Å². The van der Waals surface area contributed by atoms with Crippen LogP contribution in [0.1, 0.15) is 24.1 Å².